The van der Waals surface area contributed by atoms with Gasteiger partial charge in [-0.15, -0.1) is 0 Å². The summed E-state index contributed by atoms with van der Waals surface area (Å²) >= 11 is 0. The zero-order valence-electron chi connectivity index (χ0n) is 13.0. The maximum Gasteiger partial charge on any atom is 0.234 e. The zero-order valence-corrected chi connectivity index (χ0v) is 13.0. The standard InChI is InChI=1S/C16H22N6O/c23-15-12-10-18-21-14(12)19-16(20-15)17-7-3-8-22-9-6-11-4-1-2-5-13(11)22/h1-2,4-5,12,14,18,21H,3,6-10H2,(H2,17,19,20,23). The molecule has 4 rings (SSSR count). The van der Waals surface area contributed by atoms with Gasteiger partial charge in [-0.3, -0.25) is 20.5 Å². The average molecular weight is 314 g/mol. The van der Waals surface area contributed by atoms with Gasteiger partial charge < -0.3 is 10.2 Å². The van der Waals surface area contributed by atoms with Gasteiger partial charge in [-0.2, -0.15) is 0 Å². The van der Waals surface area contributed by atoms with Crippen molar-refractivity contribution < 1.29 is 4.79 Å². The highest BCUT2D eigenvalue weighted by molar-refractivity contribution is 6.01. The minimum Gasteiger partial charge on any atom is -0.371 e. The van der Waals surface area contributed by atoms with Gasteiger partial charge in [0.15, 0.2) is 5.96 Å². The first-order chi connectivity index (χ1) is 11.3. The second-order valence-electron chi connectivity index (χ2n) is 6.19. The highest BCUT2D eigenvalue weighted by Crippen LogP contribution is 2.27. The van der Waals surface area contributed by atoms with Crippen molar-refractivity contribution in [1.82, 2.24) is 21.5 Å². The van der Waals surface area contributed by atoms with E-state index >= 15 is 0 Å². The van der Waals surface area contributed by atoms with Crippen LogP contribution in [0, 0.1) is 5.92 Å². The molecular weight excluding hydrogens is 292 g/mol. The van der Waals surface area contributed by atoms with Gasteiger partial charge in [0, 0.05) is 31.9 Å². The van der Waals surface area contributed by atoms with E-state index < -0.39 is 0 Å². The van der Waals surface area contributed by atoms with Crippen molar-refractivity contribution in [2.45, 2.75) is 19.0 Å². The first-order valence-corrected chi connectivity index (χ1v) is 8.24. The number of carbonyl (C=O) groups excluding carboxylic acids is 1. The number of amides is 1. The Morgan fingerprint density at radius 1 is 1.30 bits per heavy atom. The minimum absolute atomic E-state index is 0.0264. The van der Waals surface area contributed by atoms with Gasteiger partial charge >= 0.3 is 0 Å². The van der Waals surface area contributed by atoms with E-state index in [2.05, 4.69) is 55.6 Å². The predicted molar refractivity (Wildman–Crippen MR) is 89.0 cm³/mol. The Balaban J connectivity index is 1.28. The van der Waals surface area contributed by atoms with Crippen LogP contribution in [0.5, 0.6) is 0 Å². The van der Waals surface area contributed by atoms with E-state index in [4.69, 9.17) is 0 Å². The molecule has 2 fully saturated rings. The molecule has 1 aromatic carbocycles. The quantitative estimate of drug-likeness (QED) is 0.567. The molecule has 0 radical (unpaired) electrons. The van der Waals surface area contributed by atoms with Crippen molar-refractivity contribution >= 4 is 17.6 Å². The number of carbonyl (C=O) groups is 1. The summed E-state index contributed by atoms with van der Waals surface area (Å²) in [5.41, 5.74) is 8.84. The van der Waals surface area contributed by atoms with Gasteiger partial charge in [0.05, 0.1) is 5.92 Å². The summed E-state index contributed by atoms with van der Waals surface area (Å²) in [4.78, 5) is 18.9. The minimum atomic E-state index is -0.0740. The fourth-order valence-electron chi connectivity index (χ4n) is 3.45. The van der Waals surface area contributed by atoms with Gasteiger partial charge in [0.25, 0.3) is 0 Å². The molecule has 2 saturated heterocycles. The number of fused-ring (bicyclic) bond motifs is 2. The van der Waals surface area contributed by atoms with Crippen LogP contribution in [-0.4, -0.2) is 44.2 Å². The molecule has 7 nitrogen and oxygen atoms in total. The molecule has 122 valence electrons. The van der Waals surface area contributed by atoms with Crippen molar-refractivity contribution in [3.8, 4) is 0 Å². The van der Waals surface area contributed by atoms with Crippen molar-refractivity contribution in [1.29, 1.82) is 0 Å². The maximum atomic E-state index is 11.9. The molecule has 2 atom stereocenters. The number of rotatable bonds is 4. The van der Waals surface area contributed by atoms with Crippen LogP contribution >= 0.6 is 0 Å². The number of hydrazine groups is 1. The maximum absolute atomic E-state index is 11.9. The molecule has 1 aromatic rings. The fraction of sp³-hybridized carbons (Fsp3) is 0.500. The molecule has 3 aliphatic rings. The van der Waals surface area contributed by atoms with Crippen LogP contribution in [0.4, 0.5) is 5.69 Å². The predicted octanol–water partition coefficient (Wildman–Crippen LogP) is -0.435. The molecule has 7 heteroatoms. The molecule has 0 saturated carbocycles. The molecule has 1 amide bonds. The number of nitrogens with one attached hydrogen (secondary N) is 4. The smallest absolute Gasteiger partial charge is 0.234 e. The molecule has 0 aromatic heterocycles. The van der Waals surface area contributed by atoms with Crippen molar-refractivity contribution in [3.63, 3.8) is 0 Å². The second-order valence-corrected chi connectivity index (χ2v) is 6.19. The molecule has 3 heterocycles. The molecule has 0 aliphatic carbocycles. The summed E-state index contributed by atoms with van der Waals surface area (Å²) in [5.74, 6) is 0.530. The lowest BCUT2D eigenvalue weighted by Crippen LogP contribution is -2.61. The van der Waals surface area contributed by atoms with Gasteiger partial charge in [0.2, 0.25) is 5.91 Å². The summed E-state index contributed by atoms with van der Waals surface area (Å²) < 4.78 is 0. The molecular formula is C16H22N6O. The Morgan fingerprint density at radius 2 is 2.22 bits per heavy atom. The third-order valence-electron chi connectivity index (χ3n) is 4.69. The lowest BCUT2D eigenvalue weighted by Gasteiger charge is -2.27. The number of guanidine groups is 1. The van der Waals surface area contributed by atoms with Crippen molar-refractivity contribution in [3.05, 3.63) is 29.8 Å². The van der Waals surface area contributed by atoms with E-state index in [1.165, 1.54) is 11.3 Å². The highest BCUT2D eigenvalue weighted by Gasteiger charge is 2.37. The first-order valence-electron chi connectivity index (χ1n) is 8.24. The van der Waals surface area contributed by atoms with E-state index in [0.717, 1.165) is 25.9 Å². The number of nitrogens with zero attached hydrogens (tertiary/aromatic N) is 2. The van der Waals surface area contributed by atoms with E-state index in [0.29, 0.717) is 19.0 Å². The van der Waals surface area contributed by atoms with Crippen molar-refractivity contribution in [2.24, 2.45) is 10.9 Å². The highest BCUT2D eigenvalue weighted by atomic mass is 16.2. The number of benzene rings is 1. The Morgan fingerprint density at radius 3 is 3.17 bits per heavy atom. The SMILES string of the molecule is O=C1NC(=NCCCN2CCc3ccccc32)NC2NNCC12. The number of para-hydroxylation sites is 1. The Bertz CT molecular complexity index is 631. The lowest BCUT2D eigenvalue weighted by molar-refractivity contribution is -0.124. The summed E-state index contributed by atoms with van der Waals surface area (Å²) in [7, 11) is 0. The molecule has 2 unspecified atom stereocenters. The molecule has 4 N–H and O–H groups in total. The summed E-state index contributed by atoms with van der Waals surface area (Å²) in [6, 6.07) is 8.59. The van der Waals surface area contributed by atoms with Gasteiger partial charge in [-0.25, -0.2) is 5.43 Å². The van der Waals surface area contributed by atoms with Crippen LogP contribution < -0.4 is 26.4 Å². The normalized spacial score (nSPS) is 27.6. The zero-order chi connectivity index (χ0) is 15.6. The van der Waals surface area contributed by atoms with Crippen LogP contribution in [0.25, 0.3) is 0 Å². The molecule has 23 heavy (non-hydrogen) atoms. The van der Waals surface area contributed by atoms with E-state index in [9.17, 15) is 4.79 Å². The Hall–Kier alpha value is -2.12. The molecule has 0 spiro atoms. The third kappa shape index (κ3) is 2.89. The first kappa shape index (κ1) is 14.5. The average Bonchev–Trinajstić information content (AvgIpc) is 3.19. The van der Waals surface area contributed by atoms with E-state index in [1.807, 2.05) is 0 Å². The largest absolute Gasteiger partial charge is 0.371 e. The summed E-state index contributed by atoms with van der Waals surface area (Å²) in [6.45, 7) is 3.43. The number of hydrogen-bond acceptors (Lipinski definition) is 5. The summed E-state index contributed by atoms with van der Waals surface area (Å²) in [6.07, 6.45) is 2.03. The number of anilines is 1. The number of aliphatic imine (C=N–C) groups is 1. The lowest BCUT2D eigenvalue weighted by atomic mass is 10.1. The summed E-state index contributed by atoms with van der Waals surface area (Å²) in [5, 5.41) is 6.06. The van der Waals surface area contributed by atoms with Crippen LogP contribution in [-0.2, 0) is 11.2 Å². The molecule has 0 bridgehead atoms. The van der Waals surface area contributed by atoms with Gasteiger partial charge in [0.1, 0.15) is 6.17 Å². The van der Waals surface area contributed by atoms with E-state index in [1.54, 1.807) is 0 Å². The van der Waals surface area contributed by atoms with Crippen LogP contribution in [0.3, 0.4) is 0 Å². The second kappa shape index (κ2) is 6.17. The van der Waals surface area contributed by atoms with Crippen LogP contribution in [0.15, 0.2) is 29.3 Å². The van der Waals surface area contributed by atoms with E-state index in [-0.39, 0.29) is 18.0 Å². The fourth-order valence-corrected chi connectivity index (χ4v) is 3.45. The Labute approximate surface area is 135 Å². The molecule has 3 aliphatic heterocycles. The van der Waals surface area contributed by atoms with Gasteiger partial charge in [-0.1, -0.05) is 18.2 Å². The monoisotopic (exact) mass is 314 g/mol. The van der Waals surface area contributed by atoms with Crippen LogP contribution in [0.1, 0.15) is 12.0 Å². The third-order valence-corrected chi connectivity index (χ3v) is 4.69. The number of hydrogen-bond donors (Lipinski definition) is 4. The van der Waals surface area contributed by atoms with Crippen LogP contribution in [0.2, 0.25) is 0 Å². The topological polar surface area (TPSA) is 80.8 Å². The van der Waals surface area contributed by atoms with Crippen molar-refractivity contribution in [2.75, 3.05) is 31.1 Å². The van der Waals surface area contributed by atoms with Gasteiger partial charge in [-0.05, 0) is 24.5 Å². The Kier molecular flexibility index (Phi) is 3.88.